The van der Waals surface area contributed by atoms with Crippen LogP contribution in [-0.2, 0) is 0 Å². The fraction of sp³-hybridized carbons (Fsp3) is 0.500. The Morgan fingerprint density at radius 3 is 1.95 bits per heavy atom. The average molecular weight is 292 g/mol. The Hall–Kier alpha value is -1.37. The predicted octanol–water partition coefficient (Wildman–Crippen LogP) is 7.11. The van der Waals surface area contributed by atoms with Gasteiger partial charge >= 0.3 is 0 Å². The van der Waals surface area contributed by atoms with Crippen LogP contribution < -0.4 is 0 Å². The van der Waals surface area contributed by atoms with Crippen LogP contribution in [0.5, 0.6) is 0 Å². The van der Waals surface area contributed by atoms with Crippen molar-refractivity contribution < 1.29 is 4.39 Å². The van der Waals surface area contributed by atoms with Crippen molar-refractivity contribution in [2.24, 2.45) is 5.92 Å². The zero-order valence-corrected chi connectivity index (χ0v) is 14.9. The van der Waals surface area contributed by atoms with Gasteiger partial charge in [-0.1, -0.05) is 77.5 Å². The van der Waals surface area contributed by atoms with Crippen LogP contribution in [0.1, 0.15) is 59.9 Å². The van der Waals surface area contributed by atoms with Gasteiger partial charge in [-0.15, -0.1) is 0 Å². The van der Waals surface area contributed by atoms with E-state index in [1.54, 1.807) is 11.6 Å². The molecule has 0 bridgehead atoms. The highest BCUT2D eigenvalue weighted by Crippen LogP contribution is 2.19. The van der Waals surface area contributed by atoms with Crippen molar-refractivity contribution in [1.29, 1.82) is 0 Å². The second-order valence-corrected chi connectivity index (χ2v) is 4.66. The van der Waals surface area contributed by atoms with Crippen molar-refractivity contribution in [3.8, 4) is 0 Å². The van der Waals surface area contributed by atoms with E-state index < -0.39 is 0 Å². The monoisotopic (exact) mass is 292 g/mol. The topological polar surface area (TPSA) is 0 Å². The number of hydrogen-bond acceptors (Lipinski definition) is 0. The number of aryl methyl sites for hydroxylation is 1. The van der Waals surface area contributed by atoms with Gasteiger partial charge in [0, 0.05) is 0 Å². The Balaban J connectivity index is 0. The van der Waals surface area contributed by atoms with Gasteiger partial charge in [-0.3, -0.25) is 0 Å². The third kappa shape index (κ3) is 12.1. The van der Waals surface area contributed by atoms with Crippen LogP contribution in [0.25, 0.3) is 0 Å². The Kier molecular flexibility index (Phi) is 15.7. The largest absolute Gasteiger partial charge is 0.207 e. The molecule has 0 atom stereocenters. The second-order valence-electron chi connectivity index (χ2n) is 4.66. The summed E-state index contributed by atoms with van der Waals surface area (Å²) in [6.07, 6.45) is 9.15. The van der Waals surface area contributed by atoms with Gasteiger partial charge in [0.25, 0.3) is 0 Å². The Bertz CT molecular complexity index is 383. The molecule has 1 aromatic carbocycles. The van der Waals surface area contributed by atoms with Crippen LogP contribution in [0.3, 0.4) is 0 Å². The van der Waals surface area contributed by atoms with Gasteiger partial charge in [0.15, 0.2) is 0 Å². The van der Waals surface area contributed by atoms with E-state index in [1.165, 1.54) is 25.0 Å². The summed E-state index contributed by atoms with van der Waals surface area (Å²) in [7, 11) is 0. The van der Waals surface area contributed by atoms with E-state index in [-0.39, 0.29) is 5.82 Å². The minimum absolute atomic E-state index is 0.162. The molecule has 0 spiro atoms. The van der Waals surface area contributed by atoms with Gasteiger partial charge in [-0.05, 0) is 43.4 Å². The smallest absolute Gasteiger partial charge is 0.123 e. The molecule has 0 nitrogen and oxygen atoms in total. The van der Waals surface area contributed by atoms with Crippen molar-refractivity contribution in [2.75, 3.05) is 0 Å². The summed E-state index contributed by atoms with van der Waals surface area (Å²) in [6, 6.07) is 6.50. The lowest BCUT2D eigenvalue weighted by Gasteiger charge is -2.11. The zero-order chi connectivity index (χ0) is 16.7. The Morgan fingerprint density at radius 2 is 1.67 bits per heavy atom. The Morgan fingerprint density at radius 1 is 1.05 bits per heavy atom. The first-order valence-corrected chi connectivity index (χ1v) is 8.17. The predicted molar refractivity (Wildman–Crippen MR) is 95.1 cm³/mol. The molecule has 120 valence electrons. The van der Waals surface area contributed by atoms with Crippen molar-refractivity contribution >= 4 is 0 Å². The minimum Gasteiger partial charge on any atom is -0.207 e. The SMILES string of the molecule is CC.CC.CC(C)C1=CC=CCC1.Cc1cccc(F)c1. The van der Waals surface area contributed by atoms with Gasteiger partial charge in [0.05, 0.1) is 0 Å². The molecule has 1 aliphatic rings. The number of rotatable bonds is 1. The minimum atomic E-state index is -0.162. The molecule has 0 N–H and O–H groups in total. The summed E-state index contributed by atoms with van der Waals surface area (Å²) < 4.78 is 12.2. The molecule has 21 heavy (non-hydrogen) atoms. The molecule has 0 heterocycles. The summed E-state index contributed by atoms with van der Waals surface area (Å²) in [4.78, 5) is 0. The highest BCUT2D eigenvalue weighted by atomic mass is 19.1. The summed E-state index contributed by atoms with van der Waals surface area (Å²) in [5.41, 5.74) is 2.56. The van der Waals surface area contributed by atoms with E-state index in [9.17, 15) is 4.39 Å². The second kappa shape index (κ2) is 15.0. The highest BCUT2D eigenvalue weighted by Gasteiger charge is 2.02. The van der Waals surface area contributed by atoms with Crippen LogP contribution in [0.4, 0.5) is 4.39 Å². The third-order valence-electron chi connectivity index (χ3n) is 2.77. The molecule has 0 fully saturated rings. The van der Waals surface area contributed by atoms with Crippen molar-refractivity contribution in [3.05, 3.63) is 59.4 Å². The van der Waals surface area contributed by atoms with E-state index in [2.05, 4.69) is 32.1 Å². The lowest BCUT2D eigenvalue weighted by molar-refractivity contribution is 0.626. The van der Waals surface area contributed by atoms with E-state index in [0.717, 1.165) is 11.5 Å². The van der Waals surface area contributed by atoms with Gasteiger partial charge in [0.1, 0.15) is 5.82 Å². The van der Waals surface area contributed by atoms with Crippen molar-refractivity contribution in [3.63, 3.8) is 0 Å². The first-order chi connectivity index (χ1) is 10.1. The van der Waals surface area contributed by atoms with Crippen molar-refractivity contribution in [1.82, 2.24) is 0 Å². The van der Waals surface area contributed by atoms with Gasteiger partial charge in [0.2, 0.25) is 0 Å². The van der Waals surface area contributed by atoms with E-state index in [1.807, 2.05) is 40.7 Å². The van der Waals surface area contributed by atoms with Crippen LogP contribution in [0.2, 0.25) is 0 Å². The van der Waals surface area contributed by atoms with E-state index in [0.29, 0.717) is 0 Å². The number of halogens is 1. The number of allylic oxidation sites excluding steroid dienone is 4. The highest BCUT2D eigenvalue weighted by molar-refractivity contribution is 5.18. The molecule has 0 unspecified atom stereocenters. The van der Waals surface area contributed by atoms with Crippen LogP contribution in [-0.4, -0.2) is 0 Å². The summed E-state index contributed by atoms with van der Waals surface area (Å²) >= 11 is 0. The Labute approximate surface area is 131 Å². The van der Waals surface area contributed by atoms with E-state index in [4.69, 9.17) is 0 Å². The quantitative estimate of drug-likeness (QED) is 0.517. The molecule has 0 aromatic heterocycles. The lowest BCUT2D eigenvalue weighted by atomic mass is 9.95. The first-order valence-electron chi connectivity index (χ1n) is 8.17. The standard InChI is InChI=1S/C9H14.C7H7F.2C2H6/c1-8(2)9-6-4-3-5-7-9;1-6-3-2-4-7(8)5-6;2*1-2/h3-4,6,8H,5,7H2,1-2H3;2-5H,1H3;2*1-2H3. The molecule has 0 amide bonds. The number of benzene rings is 1. The third-order valence-corrected chi connectivity index (χ3v) is 2.77. The van der Waals surface area contributed by atoms with Crippen molar-refractivity contribution in [2.45, 2.75) is 61.3 Å². The molecule has 0 saturated heterocycles. The fourth-order valence-corrected chi connectivity index (χ4v) is 1.71. The summed E-state index contributed by atoms with van der Waals surface area (Å²) in [6.45, 7) is 14.4. The molecule has 1 aliphatic carbocycles. The first kappa shape index (κ1) is 21.9. The summed E-state index contributed by atoms with van der Waals surface area (Å²) in [5, 5.41) is 0. The zero-order valence-electron chi connectivity index (χ0n) is 14.9. The molecule has 0 saturated carbocycles. The number of hydrogen-bond donors (Lipinski definition) is 0. The van der Waals surface area contributed by atoms with Gasteiger partial charge in [-0.2, -0.15) is 0 Å². The molecule has 0 radical (unpaired) electrons. The van der Waals surface area contributed by atoms with Crippen LogP contribution in [0.15, 0.2) is 48.1 Å². The maximum Gasteiger partial charge on any atom is 0.123 e. The van der Waals surface area contributed by atoms with Gasteiger partial charge < -0.3 is 0 Å². The maximum absolute atomic E-state index is 12.2. The lowest BCUT2D eigenvalue weighted by Crippen LogP contribution is -1.95. The molecular formula is C20H33F. The maximum atomic E-state index is 12.2. The molecule has 2 rings (SSSR count). The average Bonchev–Trinajstić information content (AvgIpc) is 2.52. The molecule has 0 aliphatic heterocycles. The normalized spacial score (nSPS) is 12.0. The molecule has 1 heteroatoms. The van der Waals surface area contributed by atoms with Crippen LogP contribution >= 0.6 is 0 Å². The fourth-order valence-electron chi connectivity index (χ4n) is 1.71. The molecule has 1 aromatic rings. The van der Waals surface area contributed by atoms with Gasteiger partial charge in [-0.25, -0.2) is 4.39 Å². The van der Waals surface area contributed by atoms with Crippen LogP contribution in [0, 0.1) is 18.7 Å². The summed E-state index contributed by atoms with van der Waals surface area (Å²) in [5.74, 6) is 0.583. The molecular weight excluding hydrogens is 259 g/mol. The van der Waals surface area contributed by atoms with E-state index >= 15 is 0 Å².